The molecule has 0 amide bonds. The summed E-state index contributed by atoms with van der Waals surface area (Å²) in [5.74, 6) is 0.426. The van der Waals surface area contributed by atoms with Crippen LogP contribution in [0.3, 0.4) is 0 Å². The van der Waals surface area contributed by atoms with Gasteiger partial charge in [-0.2, -0.15) is 0 Å². The Morgan fingerprint density at radius 2 is 0.939 bits per heavy atom. The molecule has 4 atom stereocenters. The summed E-state index contributed by atoms with van der Waals surface area (Å²) >= 11 is 3.34. The summed E-state index contributed by atoms with van der Waals surface area (Å²) in [7, 11) is 0. The van der Waals surface area contributed by atoms with Gasteiger partial charge >= 0.3 is 0 Å². The van der Waals surface area contributed by atoms with E-state index in [1.165, 1.54) is 0 Å². The lowest BCUT2D eigenvalue weighted by atomic mass is 9.87. The van der Waals surface area contributed by atoms with Crippen molar-refractivity contribution in [3.8, 4) is 0 Å². The van der Waals surface area contributed by atoms with E-state index in [2.05, 4.69) is 0 Å². The van der Waals surface area contributed by atoms with Crippen LogP contribution in [0.2, 0.25) is 0 Å². The van der Waals surface area contributed by atoms with Crippen LogP contribution >= 0.6 is 24.1 Å². The minimum absolute atomic E-state index is 0.213. The van der Waals surface area contributed by atoms with Crippen LogP contribution in [0.4, 0.5) is 0 Å². The Bertz CT molecular complexity index is 539. The highest BCUT2D eigenvalue weighted by atomic mass is 32.2. The quantitative estimate of drug-likeness (QED) is 0.253. The van der Waals surface area contributed by atoms with E-state index >= 15 is 0 Å². The van der Waals surface area contributed by atoms with Crippen molar-refractivity contribution in [2.75, 3.05) is 0 Å². The van der Waals surface area contributed by atoms with Gasteiger partial charge in [-0.15, -0.1) is 0 Å². The van der Waals surface area contributed by atoms with Crippen LogP contribution < -0.4 is 0 Å². The van der Waals surface area contributed by atoms with E-state index in [4.69, 9.17) is 13.1 Å². The van der Waals surface area contributed by atoms with Gasteiger partial charge in [-0.05, 0) is 89.9 Å². The zero-order chi connectivity index (χ0) is 22.9. The zero-order valence-corrected chi connectivity index (χ0v) is 21.6. The number of hydrogen-bond donors (Lipinski definition) is 0. The highest BCUT2D eigenvalue weighted by molar-refractivity contribution is 8.08. The second kappa shape index (κ2) is 13.9. The zero-order valence-electron chi connectivity index (χ0n) is 19.9. The third-order valence-corrected chi connectivity index (χ3v) is 10.2. The Hall–Kier alpha value is -0.0800. The number of ether oxygens (including phenoxy) is 2. The van der Waals surface area contributed by atoms with E-state index in [0.717, 1.165) is 115 Å². The maximum Gasteiger partial charge on any atom is 0.123 e. The number of carbonyl (C=O) groups is 2. The molecule has 0 saturated heterocycles. The number of rotatable bonds is 10. The summed E-state index contributed by atoms with van der Waals surface area (Å²) in [5, 5.41) is 1.14. The second-order valence-corrected chi connectivity index (χ2v) is 13.0. The molecule has 0 aromatic heterocycles. The van der Waals surface area contributed by atoms with Crippen molar-refractivity contribution in [1.29, 1.82) is 0 Å². The molecule has 33 heavy (non-hydrogen) atoms. The summed E-state index contributed by atoms with van der Waals surface area (Å²) in [6.45, 7) is 0. The minimum Gasteiger partial charge on any atom is -0.375 e. The van der Waals surface area contributed by atoms with Crippen LogP contribution in [0.25, 0.3) is 0 Å². The average molecular weight is 499 g/mol. The lowest BCUT2D eigenvalue weighted by Crippen LogP contribution is -2.31. The molecule has 0 bridgehead atoms. The van der Waals surface area contributed by atoms with Crippen molar-refractivity contribution < 1.29 is 22.7 Å². The van der Waals surface area contributed by atoms with Crippen molar-refractivity contribution in [3.05, 3.63) is 0 Å². The van der Waals surface area contributed by atoms with E-state index in [1.807, 2.05) is 0 Å². The molecule has 5 nitrogen and oxygen atoms in total. The first kappa shape index (κ1) is 26.0. The Morgan fingerprint density at radius 3 is 1.33 bits per heavy atom. The molecular formula is C26H42O5S2. The fraction of sp³-hybridized carbons (Fsp3) is 0.923. The fourth-order valence-electron chi connectivity index (χ4n) is 6.06. The first-order valence-electron chi connectivity index (χ1n) is 13.4. The molecule has 4 saturated carbocycles. The molecule has 188 valence electrons. The molecule has 4 aliphatic rings. The molecule has 0 aliphatic heterocycles. The molecule has 0 aromatic carbocycles. The molecule has 4 rings (SSSR count). The topological polar surface area (TPSA) is 61.8 Å². The largest absolute Gasteiger partial charge is 0.375 e. The molecule has 7 heteroatoms. The van der Waals surface area contributed by atoms with Gasteiger partial charge in [0.15, 0.2) is 0 Å². The minimum atomic E-state index is 0.213. The van der Waals surface area contributed by atoms with Crippen molar-refractivity contribution in [1.82, 2.24) is 0 Å². The van der Waals surface area contributed by atoms with Gasteiger partial charge in [0.05, 0.1) is 24.4 Å². The van der Waals surface area contributed by atoms with E-state index in [-0.39, 0.29) is 11.8 Å². The molecule has 4 aliphatic carbocycles. The Labute approximate surface area is 208 Å². The van der Waals surface area contributed by atoms with Gasteiger partial charge in [0.1, 0.15) is 12.6 Å². The lowest BCUT2D eigenvalue weighted by molar-refractivity contribution is -0.116. The highest BCUT2D eigenvalue weighted by Crippen LogP contribution is 2.39. The number of hydrogen-bond acceptors (Lipinski definition) is 7. The van der Waals surface area contributed by atoms with Gasteiger partial charge < -0.3 is 19.1 Å². The maximum absolute atomic E-state index is 11.1. The normalized spacial score (nSPS) is 40.2. The molecule has 0 spiro atoms. The smallest absolute Gasteiger partial charge is 0.123 e. The second-order valence-electron chi connectivity index (χ2n) is 10.7. The van der Waals surface area contributed by atoms with Crippen molar-refractivity contribution in [3.63, 3.8) is 0 Å². The van der Waals surface area contributed by atoms with Crippen molar-refractivity contribution in [2.24, 2.45) is 11.8 Å². The average Bonchev–Trinajstić information content (AvgIpc) is 2.86. The van der Waals surface area contributed by atoms with Crippen molar-refractivity contribution in [2.45, 2.75) is 138 Å². The number of aldehydes is 2. The summed E-state index contributed by atoms with van der Waals surface area (Å²) in [6.07, 6.45) is 21.0. The van der Waals surface area contributed by atoms with Gasteiger partial charge in [0, 0.05) is 46.4 Å². The SMILES string of the molecule is O=CC1CCCC(OC2CCC(SOSC3CCC(OC4CCCC(C=O)C4)CC3)CC2)C1. The molecule has 0 N–H and O–H groups in total. The lowest BCUT2D eigenvalue weighted by Gasteiger charge is -2.34. The van der Waals surface area contributed by atoms with Crippen LogP contribution in [0, 0.1) is 11.8 Å². The Balaban J connectivity index is 1.04. The van der Waals surface area contributed by atoms with E-state index < -0.39 is 0 Å². The van der Waals surface area contributed by atoms with Gasteiger partial charge in [-0.3, -0.25) is 0 Å². The van der Waals surface area contributed by atoms with Crippen LogP contribution in [-0.4, -0.2) is 47.5 Å². The maximum atomic E-state index is 11.1. The molecular weight excluding hydrogens is 456 g/mol. The summed E-state index contributed by atoms with van der Waals surface area (Å²) in [6, 6.07) is 0. The van der Waals surface area contributed by atoms with E-state index in [9.17, 15) is 9.59 Å². The van der Waals surface area contributed by atoms with Gasteiger partial charge in [-0.25, -0.2) is 3.63 Å². The number of carbonyl (C=O) groups excluding carboxylic acids is 2. The molecule has 0 radical (unpaired) electrons. The summed E-state index contributed by atoms with van der Waals surface area (Å²) in [5.41, 5.74) is 0. The van der Waals surface area contributed by atoms with Gasteiger partial charge in [0.2, 0.25) is 0 Å². The van der Waals surface area contributed by atoms with Crippen molar-refractivity contribution >= 4 is 36.7 Å². The molecule has 0 aromatic rings. The molecule has 4 unspecified atom stereocenters. The van der Waals surface area contributed by atoms with E-state index in [0.29, 0.717) is 34.9 Å². The Kier molecular flexibility index (Phi) is 10.9. The first-order chi connectivity index (χ1) is 16.2. The Morgan fingerprint density at radius 1 is 0.515 bits per heavy atom. The first-order valence-corrected chi connectivity index (χ1v) is 15.0. The van der Waals surface area contributed by atoms with Gasteiger partial charge in [-0.1, -0.05) is 12.8 Å². The molecule has 0 heterocycles. The predicted octanol–water partition coefficient (Wildman–Crippen LogP) is 6.47. The van der Waals surface area contributed by atoms with Crippen LogP contribution in [-0.2, 0) is 22.7 Å². The monoisotopic (exact) mass is 498 g/mol. The standard InChI is InChI=1S/C26H42O5S2/c27-17-19-3-1-5-23(15-19)29-21-7-11-25(12-8-21)32-31-33-26-13-9-22(10-14-26)30-24-6-2-4-20(16-24)18-28/h17-26H,1-16H2. The predicted molar refractivity (Wildman–Crippen MR) is 134 cm³/mol. The third-order valence-electron chi connectivity index (χ3n) is 8.08. The summed E-state index contributed by atoms with van der Waals surface area (Å²) in [4.78, 5) is 22.2. The molecule has 4 fully saturated rings. The van der Waals surface area contributed by atoms with Crippen LogP contribution in [0.1, 0.15) is 103 Å². The third kappa shape index (κ3) is 8.52. The fourth-order valence-corrected chi connectivity index (χ4v) is 8.06. The van der Waals surface area contributed by atoms with E-state index in [1.54, 1.807) is 24.1 Å². The van der Waals surface area contributed by atoms with Crippen LogP contribution in [0.15, 0.2) is 0 Å². The van der Waals surface area contributed by atoms with Crippen LogP contribution in [0.5, 0.6) is 0 Å². The highest BCUT2D eigenvalue weighted by Gasteiger charge is 2.30. The summed E-state index contributed by atoms with van der Waals surface area (Å²) < 4.78 is 18.7. The van der Waals surface area contributed by atoms with Gasteiger partial charge in [0.25, 0.3) is 0 Å².